The summed E-state index contributed by atoms with van der Waals surface area (Å²) in [4.78, 5) is 11.3. The van der Waals surface area contributed by atoms with Crippen LogP contribution in [0.4, 0.5) is 4.39 Å². The number of benzene rings is 3. The Morgan fingerprint density at radius 3 is 2.28 bits per heavy atom. The van der Waals surface area contributed by atoms with Crippen molar-refractivity contribution in [1.29, 1.82) is 0 Å². The molecule has 3 N–H and O–H groups in total. The summed E-state index contributed by atoms with van der Waals surface area (Å²) in [5.41, 5.74) is 3.37. The second-order valence-corrected chi connectivity index (χ2v) is 8.73. The number of halogens is 1. The van der Waals surface area contributed by atoms with E-state index in [1.807, 2.05) is 10.6 Å². The van der Waals surface area contributed by atoms with Crippen LogP contribution in [-0.2, 0) is 0 Å². The van der Waals surface area contributed by atoms with Gasteiger partial charge in [0.1, 0.15) is 11.6 Å². The molecule has 32 heavy (non-hydrogen) atoms. The topological polar surface area (TPSA) is 82.7 Å². The van der Waals surface area contributed by atoms with Crippen LogP contribution in [0, 0.1) is 5.82 Å². The van der Waals surface area contributed by atoms with Crippen molar-refractivity contribution >= 4 is 16.9 Å². The second kappa shape index (κ2) is 7.21. The van der Waals surface area contributed by atoms with Crippen LogP contribution in [0.1, 0.15) is 41.7 Å². The van der Waals surface area contributed by atoms with Gasteiger partial charge in [0.25, 0.3) is 0 Å². The van der Waals surface area contributed by atoms with Crippen molar-refractivity contribution < 1.29 is 24.5 Å². The molecule has 0 amide bonds. The molecule has 1 aliphatic carbocycles. The molecule has 1 heterocycles. The van der Waals surface area contributed by atoms with Crippen LogP contribution in [0.3, 0.4) is 0 Å². The predicted molar refractivity (Wildman–Crippen MR) is 120 cm³/mol. The van der Waals surface area contributed by atoms with E-state index >= 15 is 0 Å². The third-order valence-electron chi connectivity index (χ3n) is 6.27. The predicted octanol–water partition coefficient (Wildman–Crippen LogP) is 5.47. The summed E-state index contributed by atoms with van der Waals surface area (Å²) in [6, 6.07) is 18.0. The molecule has 1 aliphatic rings. The fourth-order valence-electron chi connectivity index (χ4n) is 4.86. The number of hydrogen-bond donors (Lipinski definition) is 3. The van der Waals surface area contributed by atoms with Gasteiger partial charge in [0.2, 0.25) is 0 Å². The number of fused-ring (bicyclic) bond motifs is 1. The minimum absolute atomic E-state index is 0.0102. The maximum absolute atomic E-state index is 13.7. The lowest BCUT2D eigenvalue weighted by atomic mass is 9.69. The highest BCUT2D eigenvalue weighted by Crippen LogP contribution is 2.52. The lowest BCUT2D eigenvalue weighted by Gasteiger charge is -2.42. The fourth-order valence-corrected chi connectivity index (χ4v) is 4.86. The number of nitrogens with zero attached hydrogens (tertiary/aromatic N) is 1. The van der Waals surface area contributed by atoms with E-state index in [4.69, 9.17) is 0 Å². The van der Waals surface area contributed by atoms with Crippen LogP contribution in [0.15, 0.2) is 66.7 Å². The Kier molecular flexibility index (Phi) is 4.57. The van der Waals surface area contributed by atoms with Gasteiger partial charge in [-0.1, -0.05) is 18.2 Å². The number of aliphatic hydroxyl groups is 1. The fraction of sp³-hybridized carbons (Fsp3) is 0.192. The molecule has 0 saturated heterocycles. The normalized spacial score (nSPS) is 20.3. The quantitative estimate of drug-likeness (QED) is 0.400. The zero-order valence-corrected chi connectivity index (χ0v) is 17.4. The Hall–Kier alpha value is -3.64. The molecule has 0 unspecified atom stereocenters. The van der Waals surface area contributed by atoms with E-state index in [9.17, 15) is 24.5 Å². The number of hydrogen-bond acceptors (Lipinski definition) is 3. The van der Waals surface area contributed by atoms with Crippen molar-refractivity contribution in [3.63, 3.8) is 0 Å². The molecule has 3 aromatic carbocycles. The minimum Gasteiger partial charge on any atom is -0.507 e. The third kappa shape index (κ3) is 3.24. The van der Waals surface area contributed by atoms with Crippen LogP contribution in [-0.4, -0.2) is 31.5 Å². The van der Waals surface area contributed by atoms with Crippen LogP contribution < -0.4 is 0 Å². The van der Waals surface area contributed by atoms with Crippen molar-refractivity contribution in [2.45, 2.75) is 31.3 Å². The summed E-state index contributed by atoms with van der Waals surface area (Å²) in [7, 11) is 0. The number of aromatic nitrogens is 1. The number of aromatic carboxylic acids is 1. The molecule has 0 atom stereocenters. The van der Waals surface area contributed by atoms with Crippen LogP contribution in [0.2, 0.25) is 0 Å². The summed E-state index contributed by atoms with van der Waals surface area (Å²) in [5, 5.41) is 31.2. The van der Waals surface area contributed by atoms with Gasteiger partial charge in [-0.2, -0.15) is 0 Å². The van der Waals surface area contributed by atoms with Crippen molar-refractivity contribution in [2.24, 2.45) is 0 Å². The monoisotopic (exact) mass is 431 g/mol. The summed E-state index contributed by atoms with van der Waals surface area (Å²) in [6.45, 7) is 1.80. The zero-order chi connectivity index (χ0) is 22.6. The molecule has 1 aromatic heterocycles. The van der Waals surface area contributed by atoms with Crippen molar-refractivity contribution in [2.75, 3.05) is 0 Å². The molecule has 0 aliphatic heterocycles. The summed E-state index contributed by atoms with van der Waals surface area (Å²) in [6.07, 6.45) is 1.09. The average Bonchev–Trinajstić information content (AvgIpc) is 3.08. The molecule has 4 aromatic rings. The standard InChI is InChI=1S/C26H22FNO4/c1-26(32)13-17(14-26)24-22(15-5-7-16(8-6-15)25(30)31)23-20(3-2-4-21(23)29)28(24)19-11-9-18(27)10-12-19/h2-12,17,29,32H,13-14H2,1H3,(H,30,31)/t17-,26-. The number of phenols is 1. The highest BCUT2D eigenvalue weighted by Gasteiger charge is 2.42. The van der Waals surface area contributed by atoms with Crippen LogP contribution in [0.5, 0.6) is 5.75 Å². The smallest absolute Gasteiger partial charge is 0.335 e. The first-order valence-corrected chi connectivity index (χ1v) is 10.4. The number of rotatable bonds is 4. The highest BCUT2D eigenvalue weighted by molar-refractivity contribution is 6.03. The molecular weight excluding hydrogens is 409 g/mol. The zero-order valence-electron chi connectivity index (χ0n) is 17.4. The van der Waals surface area contributed by atoms with Gasteiger partial charge in [0.05, 0.1) is 16.7 Å². The Bertz CT molecular complexity index is 1330. The van der Waals surface area contributed by atoms with Gasteiger partial charge >= 0.3 is 5.97 Å². The van der Waals surface area contributed by atoms with Gasteiger partial charge in [-0.05, 0) is 73.9 Å². The Balaban J connectivity index is 1.84. The van der Waals surface area contributed by atoms with Crippen molar-refractivity contribution in [3.8, 4) is 22.6 Å². The van der Waals surface area contributed by atoms with E-state index in [1.165, 1.54) is 12.1 Å². The van der Waals surface area contributed by atoms with Gasteiger partial charge in [-0.25, -0.2) is 9.18 Å². The lowest BCUT2D eigenvalue weighted by molar-refractivity contribution is -0.0324. The summed E-state index contributed by atoms with van der Waals surface area (Å²) < 4.78 is 15.7. The van der Waals surface area contributed by atoms with Crippen LogP contribution >= 0.6 is 0 Å². The molecule has 0 bridgehead atoms. The Labute approximate surface area is 184 Å². The Morgan fingerprint density at radius 2 is 1.69 bits per heavy atom. The molecule has 0 radical (unpaired) electrons. The summed E-state index contributed by atoms with van der Waals surface area (Å²) in [5.74, 6) is -1.24. The first kappa shape index (κ1) is 20.3. The maximum Gasteiger partial charge on any atom is 0.335 e. The molecule has 0 spiro atoms. The van der Waals surface area contributed by atoms with Crippen molar-refractivity contribution in [1.82, 2.24) is 4.57 Å². The molecule has 6 heteroatoms. The highest BCUT2D eigenvalue weighted by atomic mass is 19.1. The van der Waals surface area contributed by atoms with Crippen LogP contribution in [0.25, 0.3) is 27.7 Å². The second-order valence-electron chi connectivity index (χ2n) is 8.73. The molecule has 1 saturated carbocycles. The number of carbonyl (C=O) groups is 1. The van der Waals surface area contributed by atoms with E-state index in [-0.39, 0.29) is 23.0 Å². The first-order valence-electron chi connectivity index (χ1n) is 10.4. The number of carboxylic acid groups (broad SMARTS) is 1. The van der Waals surface area contributed by atoms with Gasteiger partial charge in [0.15, 0.2) is 0 Å². The third-order valence-corrected chi connectivity index (χ3v) is 6.27. The summed E-state index contributed by atoms with van der Waals surface area (Å²) >= 11 is 0. The SMILES string of the molecule is C[C@]1(O)C[C@H](c2c(-c3ccc(C(=O)O)cc3)c3c(O)cccc3n2-c2ccc(F)cc2)C1. The maximum atomic E-state index is 13.7. The minimum atomic E-state index is -1.01. The van der Waals surface area contributed by atoms with E-state index in [0.29, 0.717) is 18.2 Å². The number of carboxylic acids is 1. The Morgan fingerprint density at radius 1 is 1.03 bits per heavy atom. The average molecular weight is 431 g/mol. The van der Waals surface area contributed by atoms with E-state index in [1.54, 1.807) is 55.5 Å². The van der Waals surface area contributed by atoms with E-state index in [2.05, 4.69) is 0 Å². The van der Waals surface area contributed by atoms with E-state index < -0.39 is 11.6 Å². The first-order chi connectivity index (χ1) is 15.2. The number of phenolic OH excluding ortho intramolecular Hbond substituents is 1. The molecular formula is C26H22FNO4. The molecule has 5 rings (SSSR count). The lowest BCUT2D eigenvalue weighted by Crippen LogP contribution is -2.40. The molecule has 5 nitrogen and oxygen atoms in total. The largest absolute Gasteiger partial charge is 0.507 e. The van der Waals surface area contributed by atoms with Gasteiger partial charge < -0.3 is 19.9 Å². The van der Waals surface area contributed by atoms with Gasteiger partial charge in [0, 0.05) is 28.2 Å². The molecule has 1 fully saturated rings. The van der Waals surface area contributed by atoms with Gasteiger partial charge in [-0.3, -0.25) is 0 Å². The molecule has 162 valence electrons. The van der Waals surface area contributed by atoms with Crippen molar-refractivity contribution in [3.05, 3.63) is 83.8 Å². The van der Waals surface area contributed by atoms with E-state index in [0.717, 1.165) is 28.0 Å². The number of aromatic hydroxyl groups is 1. The van der Waals surface area contributed by atoms with Gasteiger partial charge in [-0.15, -0.1) is 0 Å².